The number of aromatic nitrogens is 5. The van der Waals surface area contributed by atoms with Crippen LogP contribution >= 0.6 is 11.3 Å². The van der Waals surface area contributed by atoms with Crippen molar-refractivity contribution >= 4 is 33.7 Å². The summed E-state index contributed by atoms with van der Waals surface area (Å²) in [7, 11) is 0. The first-order valence-electron chi connectivity index (χ1n) is 15.4. The van der Waals surface area contributed by atoms with Gasteiger partial charge in [0, 0.05) is 63.7 Å². The monoisotopic (exact) mass is 611 g/mol. The van der Waals surface area contributed by atoms with Crippen molar-refractivity contribution in [1.29, 1.82) is 5.26 Å². The van der Waals surface area contributed by atoms with Gasteiger partial charge in [-0.05, 0) is 68.7 Å². The molecular formula is C31H37N11OS. The van der Waals surface area contributed by atoms with Gasteiger partial charge in [-0.25, -0.2) is 9.31 Å². The Hall–Kier alpha value is -4.28. The van der Waals surface area contributed by atoms with Gasteiger partial charge in [0.2, 0.25) is 5.13 Å². The highest BCUT2D eigenvalue weighted by Gasteiger charge is 2.43. The highest BCUT2D eigenvalue weighted by molar-refractivity contribution is 7.18. The van der Waals surface area contributed by atoms with Crippen molar-refractivity contribution in [2.24, 2.45) is 17.8 Å². The zero-order chi connectivity index (χ0) is 30.2. The summed E-state index contributed by atoms with van der Waals surface area (Å²) in [6, 6.07) is 10.2. The van der Waals surface area contributed by atoms with Crippen LogP contribution in [-0.4, -0.2) is 87.6 Å². The fourth-order valence-corrected chi connectivity index (χ4v) is 7.80. The Labute approximate surface area is 260 Å². The lowest BCUT2D eigenvalue weighted by Gasteiger charge is -2.38. The van der Waals surface area contributed by atoms with Crippen LogP contribution in [-0.2, 0) is 0 Å². The molecule has 4 aromatic heterocycles. The summed E-state index contributed by atoms with van der Waals surface area (Å²) in [6.45, 7) is 10.1. The molecule has 7 rings (SSSR count). The van der Waals surface area contributed by atoms with Crippen LogP contribution < -0.4 is 20.9 Å². The lowest BCUT2D eigenvalue weighted by molar-refractivity contribution is 0.182. The number of piperidine rings is 1. The van der Waals surface area contributed by atoms with E-state index >= 15 is 0 Å². The average Bonchev–Trinajstić information content (AvgIpc) is 3.75. The van der Waals surface area contributed by atoms with Crippen molar-refractivity contribution in [2.75, 3.05) is 56.0 Å². The van der Waals surface area contributed by atoms with Crippen LogP contribution in [0.2, 0.25) is 0 Å². The number of carbonyl (C=O) groups excluding carboxylic acids is 1. The van der Waals surface area contributed by atoms with E-state index in [0.717, 1.165) is 84.1 Å². The van der Waals surface area contributed by atoms with Crippen LogP contribution in [0.25, 0.3) is 27.5 Å². The molecule has 3 aliphatic rings. The number of hydrogen-bond acceptors (Lipinski definition) is 10. The maximum Gasteiger partial charge on any atom is 0.317 e. The van der Waals surface area contributed by atoms with Crippen molar-refractivity contribution in [3.8, 4) is 28.0 Å². The van der Waals surface area contributed by atoms with Gasteiger partial charge in [0.1, 0.15) is 6.07 Å². The lowest BCUT2D eigenvalue weighted by atomic mass is 9.85. The van der Waals surface area contributed by atoms with Gasteiger partial charge in [-0.2, -0.15) is 10.4 Å². The van der Waals surface area contributed by atoms with Crippen molar-refractivity contribution < 1.29 is 4.79 Å². The van der Waals surface area contributed by atoms with Crippen LogP contribution in [0.5, 0.6) is 0 Å². The third kappa shape index (κ3) is 5.55. The number of hydrogen-bond donors (Lipinski definition) is 3. The highest BCUT2D eigenvalue weighted by Crippen LogP contribution is 2.44. The molecule has 0 radical (unpaired) electrons. The van der Waals surface area contributed by atoms with E-state index in [2.05, 4.69) is 56.1 Å². The molecule has 2 bridgehead atoms. The summed E-state index contributed by atoms with van der Waals surface area (Å²) in [5.41, 5.74) is 4.85. The highest BCUT2D eigenvalue weighted by atomic mass is 32.1. The number of nitriles is 1. The minimum Gasteiger partial charge on any atom is -0.382 e. The van der Waals surface area contributed by atoms with Gasteiger partial charge in [0.05, 0.1) is 34.2 Å². The van der Waals surface area contributed by atoms with E-state index in [1.165, 1.54) is 12.8 Å². The largest absolute Gasteiger partial charge is 0.382 e. The molecule has 2 unspecified atom stereocenters. The molecule has 228 valence electrons. The number of nitrogens with zero attached hydrogens (tertiary/aromatic N) is 8. The van der Waals surface area contributed by atoms with Crippen LogP contribution in [0.15, 0.2) is 36.7 Å². The molecule has 2 atom stereocenters. The third-order valence-corrected chi connectivity index (χ3v) is 10.1. The Morgan fingerprint density at radius 3 is 2.68 bits per heavy atom. The summed E-state index contributed by atoms with van der Waals surface area (Å²) in [4.78, 5) is 21.8. The van der Waals surface area contributed by atoms with Crippen molar-refractivity contribution in [1.82, 2.24) is 40.3 Å². The first kappa shape index (κ1) is 28.5. The smallest absolute Gasteiger partial charge is 0.317 e. The molecule has 0 aromatic carbocycles. The van der Waals surface area contributed by atoms with Gasteiger partial charge < -0.3 is 25.8 Å². The summed E-state index contributed by atoms with van der Waals surface area (Å²) in [6.07, 6.45) is 5.82. The minimum absolute atomic E-state index is 0.0714. The quantitative estimate of drug-likeness (QED) is 0.286. The van der Waals surface area contributed by atoms with Crippen LogP contribution in [0.4, 0.5) is 15.6 Å². The van der Waals surface area contributed by atoms with E-state index in [9.17, 15) is 10.1 Å². The van der Waals surface area contributed by atoms with E-state index < -0.39 is 0 Å². The number of nitrogens with one attached hydrogen (secondary N) is 3. The molecule has 3 fully saturated rings. The SMILES string of the molecule is CC(C)Nc1cc(-c2ccc3cc(C#N)cnn23)ncc1-c1nnc(N2CC3CCC(C2)C3CNC(=O)N2CCNCC2)s1. The fraction of sp³-hybridized carbons (Fsp3) is 0.484. The molecule has 6 heterocycles. The topological polar surface area (TPSA) is 139 Å². The second-order valence-electron chi connectivity index (χ2n) is 12.3. The number of urea groups is 1. The van der Waals surface area contributed by atoms with Crippen LogP contribution in [0.1, 0.15) is 32.3 Å². The van der Waals surface area contributed by atoms with E-state index in [1.54, 1.807) is 22.0 Å². The second-order valence-corrected chi connectivity index (χ2v) is 13.3. The van der Waals surface area contributed by atoms with Gasteiger partial charge in [-0.15, -0.1) is 10.2 Å². The van der Waals surface area contributed by atoms with Gasteiger partial charge >= 0.3 is 6.03 Å². The van der Waals surface area contributed by atoms with Crippen LogP contribution in [0, 0.1) is 29.1 Å². The van der Waals surface area contributed by atoms with Crippen molar-refractivity contribution in [2.45, 2.75) is 32.7 Å². The lowest BCUT2D eigenvalue weighted by Crippen LogP contribution is -2.52. The number of amides is 2. The average molecular weight is 612 g/mol. The Bertz CT molecular complexity index is 1690. The number of piperazine rings is 1. The Kier molecular flexibility index (Phi) is 7.78. The Morgan fingerprint density at radius 2 is 1.93 bits per heavy atom. The van der Waals surface area contributed by atoms with Gasteiger partial charge in [0.15, 0.2) is 5.01 Å². The molecule has 44 heavy (non-hydrogen) atoms. The predicted molar refractivity (Wildman–Crippen MR) is 171 cm³/mol. The molecule has 2 saturated heterocycles. The zero-order valence-electron chi connectivity index (χ0n) is 25.0. The van der Waals surface area contributed by atoms with Crippen molar-refractivity contribution in [3.05, 3.63) is 42.2 Å². The standard InChI is InChI=1S/C31H37N11OS/c1-19(2)37-26-12-27(28-6-5-23-11-20(13-32)14-36-42(23)28)34-16-25(26)29-38-39-31(44-29)41-17-21-3-4-22(18-41)24(21)15-35-30(43)40-9-7-33-8-10-40/h5-6,11-12,14,16,19,21-22,24,33H,3-4,7-10,15,17-18H2,1-2H3,(H,34,37)(H,35,43). The third-order valence-electron chi connectivity index (χ3n) is 9.08. The van der Waals surface area contributed by atoms with E-state index in [4.69, 9.17) is 4.98 Å². The molecule has 0 spiro atoms. The summed E-state index contributed by atoms with van der Waals surface area (Å²) in [5, 5.41) is 34.8. The normalized spacial score (nSPS) is 21.5. The molecule has 1 aliphatic carbocycles. The van der Waals surface area contributed by atoms with Gasteiger partial charge in [0.25, 0.3) is 0 Å². The van der Waals surface area contributed by atoms with E-state index in [0.29, 0.717) is 23.3 Å². The predicted octanol–water partition coefficient (Wildman–Crippen LogP) is 3.68. The number of rotatable bonds is 7. The van der Waals surface area contributed by atoms with Gasteiger partial charge in [-0.3, -0.25) is 4.98 Å². The van der Waals surface area contributed by atoms with E-state index in [1.807, 2.05) is 35.4 Å². The van der Waals surface area contributed by atoms with Crippen molar-refractivity contribution in [3.63, 3.8) is 0 Å². The number of fused-ring (bicyclic) bond motifs is 3. The Morgan fingerprint density at radius 1 is 1.14 bits per heavy atom. The van der Waals surface area contributed by atoms with Crippen LogP contribution in [0.3, 0.4) is 0 Å². The summed E-state index contributed by atoms with van der Waals surface area (Å²) in [5.74, 6) is 1.59. The van der Waals surface area contributed by atoms with E-state index in [-0.39, 0.29) is 12.1 Å². The number of carbonyl (C=O) groups is 1. The fourth-order valence-electron chi connectivity index (χ4n) is 6.91. The molecule has 1 saturated carbocycles. The molecule has 3 N–H and O–H groups in total. The first-order valence-corrected chi connectivity index (χ1v) is 16.3. The molecular weight excluding hydrogens is 574 g/mol. The molecule has 4 aromatic rings. The summed E-state index contributed by atoms with van der Waals surface area (Å²) < 4.78 is 1.81. The zero-order valence-corrected chi connectivity index (χ0v) is 25.8. The van der Waals surface area contributed by atoms with Gasteiger partial charge in [-0.1, -0.05) is 11.3 Å². The Balaban J connectivity index is 1.07. The molecule has 13 heteroatoms. The maximum atomic E-state index is 12.7. The maximum absolute atomic E-state index is 12.7. The summed E-state index contributed by atoms with van der Waals surface area (Å²) >= 11 is 1.61. The second kappa shape index (κ2) is 12.0. The molecule has 12 nitrogen and oxygen atoms in total. The molecule has 2 amide bonds. The number of anilines is 2. The number of pyridine rings is 1. The minimum atomic E-state index is 0.0714. The molecule has 2 aliphatic heterocycles. The first-order chi connectivity index (χ1) is 21.5.